The highest BCUT2D eigenvalue weighted by molar-refractivity contribution is 9.10. The van der Waals surface area contributed by atoms with Crippen molar-refractivity contribution in [3.63, 3.8) is 0 Å². The van der Waals surface area contributed by atoms with E-state index in [-0.39, 0.29) is 5.91 Å². The van der Waals surface area contributed by atoms with Gasteiger partial charge in [-0.1, -0.05) is 33.6 Å². The van der Waals surface area contributed by atoms with Crippen molar-refractivity contribution in [2.75, 3.05) is 42.3 Å². The summed E-state index contributed by atoms with van der Waals surface area (Å²) in [6, 6.07) is 13.7. The van der Waals surface area contributed by atoms with Crippen molar-refractivity contribution in [3.05, 3.63) is 52.0 Å². The summed E-state index contributed by atoms with van der Waals surface area (Å²) in [5, 5.41) is 3.66. The van der Waals surface area contributed by atoms with E-state index in [1.54, 1.807) is 11.8 Å². The SMILES string of the molecule is O=C(CCSc1ccc(Br)cc1)Nc1cccc(Cl)c1N1CCOCC1. The lowest BCUT2D eigenvalue weighted by atomic mass is 10.2. The van der Waals surface area contributed by atoms with Gasteiger partial charge in [-0.25, -0.2) is 0 Å². The number of anilines is 2. The van der Waals surface area contributed by atoms with E-state index >= 15 is 0 Å². The number of carbonyl (C=O) groups excluding carboxylic acids is 1. The predicted molar refractivity (Wildman–Crippen MR) is 113 cm³/mol. The van der Waals surface area contributed by atoms with Gasteiger partial charge in [0.05, 0.1) is 29.6 Å². The first-order chi connectivity index (χ1) is 12.6. The lowest BCUT2D eigenvalue weighted by molar-refractivity contribution is -0.115. The zero-order valence-electron chi connectivity index (χ0n) is 14.2. The molecule has 1 aliphatic heterocycles. The molecule has 1 saturated heterocycles. The van der Waals surface area contributed by atoms with E-state index in [0.717, 1.165) is 39.6 Å². The second kappa shape index (κ2) is 9.65. The van der Waals surface area contributed by atoms with E-state index in [0.29, 0.717) is 24.7 Å². The van der Waals surface area contributed by atoms with Crippen LogP contribution in [-0.4, -0.2) is 38.0 Å². The van der Waals surface area contributed by atoms with Crippen LogP contribution >= 0.6 is 39.3 Å². The Hall–Kier alpha value is -1.21. The summed E-state index contributed by atoms with van der Waals surface area (Å²) in [5.41, 5.74) is 1.64. The van der Waals surface area contributed by atoms with Gasteiger partial charge in [-0.3, -0.25) is 4.79 Å². The van der Waals surface area contributed by atoms with Crippen molar-refractivity contribution < 1.29 is 9.53 Å². The Morgan fingerprint density at radius 1 is 1.19 bits per heavy atom. The number of nitrogens with one attached hydrogen (secondary N) is 1. The number of para-hydroxylation sites is 1. The monoisotopic (exact) mass is 454 g/mol. The zero-order valence-corrected chi connectivity index (χ0v) is 17.4. The molecule has 4 nitrogen and oxygen atoms in total. The molecule has 0 atom stereocenters. The van der Waals surface area contributed by atoms with E-state index in [9.17, 15) is 4.79 Å². The van der Waals surface area contributed by atoms with Crippen LogP contribution in [0.1, 0.15) is 6.42 Å². The van der Waals surface area contributed by atoms with Gasteiger partial charge >= 0.3 is 0 Å². The molecule has 1 aliphatic rings. The van der Waals surface area contributed by atoms with Gasteiger partial charge in [-0.05, 0) is 36.4 Å². The van der Waals surface area contributed by atoms with Gasteiger partial charge in [-0.15, -0.1) is 11.8 Å². The molecule has 1 amide bonds. The van der Waals surface area contributed by atoms with Crippen LogP contribution in [0.4, 0.5) is 11.4 Å². The molecule has 1 fully saturated rings. The van der Waals surface area contributed by atoms with Gasteiger partial charge < -0.3 is 15.0 Å². The quantitative estimate of drug-likeness (QED) is 0.618. The molecular formula is C19H20BrClN2O2S. The van der Waals surface area contributed by atoms with Crippen LogP contribution < -0.4 is 10.2 Å². The van der Waals surface area contributed by atoms with Crippen LogP contribution in [0.2, 0.25) is 5.02 Å². The first kappa shape index (κ1) is 19.5. The molecule has 0 radical (unpaired) electrons. The highest BCUT2D eigenvalue weighted by Gasteiger charge is 2.18. The minimum Gasteiger partial charge on any atom is -0.378 e. The predicted octanol–water partition coefficient (Wildman–Crippen LogP) is 5.06. The molecule has 26 heavy (non-hydrogen) atoms. The lowest BCUT2D eigenvalue weighted by Gasteiger charge is -2.31. The Bertz CT molecular complexity index is 752. The second-order valence-electron chi connectivity index (χ2n) is 5.84. The number of rotatable bonds is 6. The summed E-state index contributed by atoms with van der Waals surface area (Å²) < 4.78 is 6.46. The third kappa shape index (κ3) is 5.39. The van der Waals surface area contributed by atoms with E-state index in [1.807, 2.05) is 42.5 Å². The molecule has 0 saturated carbocycles. The Labute approximate surface area is 171 Å². The Kier molecular flexibility index (Phi) is 7.25. The average molecular weight is 456 g/mol. The maximum Gasteiger partial charge on any atom is 0.225 e. The van der Waals surface area contributed by atoms with Crippen molar-refractivity contribution in [2.24, 2.45) is 0 Å². The smallest absolute Gasteiger partial charge is 0.225 e. The molecule has 138 valence electrons. The molecule has 2 aromatic rings. The molecule has 0 aliphatic carbocycles. The number of hydrogen-bond donors (Lipinski definition) is 1. The summed E-state index contributed by atoms with van der Waals surface area (Å²) in [4.78, 5) is 15.7. The highest BCUT2D eigenvalue weighted by Crippen LogP contribution is 2.34. The standard InChI is InChI=1S/C19H20BrClN2O2S/c20-14-4-6-15(7-5-14)26-13-8-18(24)22-17-3-1-2-16(21)19(17)23-9-11-25-12-10-23/h1-7H,8-13H2,(H,22,24). The van der Waals surface area contributed by atoms with Gasteiger partial charge in [0.1, 0.15) is 0 Å². The van der Waals surface area contributed by atoms with E-state index in [1.165, 1.54) is 0 Å². The van der Waals surface area contributed by atoms with Gasteiger partial charge in [0.25, 0.3) is 0 Å². The Morgan fingerprint density at radius 2 is 1.92 bits per heavy atom. The van der Waals surface area contributed by atoms with Crippen molar-refractivity contribution in [1.29, 1.82) is 0 Å². The fourth-order valence-corrected chi connectivity index (χ4v) is 4.14. The van der Waals surface area contributed by atoms with E-state index in [4.69, 9.17) is 16.3 Å². The number of amides is 1. The largest absolute Gasteiger partial charge is 0.378 e. The molecule has 1 N–H and O–H groups in total. The number of carbonyl (C=O) groups is 1. The molecule has 1 heterocycles. The number of morpholine rings is 1. The first-order valence-corrected chi connectivity index (χ1v) is 10.6. The van der Waals surface area contributed by atoms with E-state index in [2.05, 4.69) is 26.1 Å². The third-order valence-electron chi connectivity index (χ3n) is 4.00. The fourth-order valence-electron chi connectivity index (χ4n) is 2.73. The van der Waals surface area contributed by atoms with Crippen LogP contribution in [-0.2, 0) is 9.53 Å². The summed E-state index contributed by atoms with van der Waals surface area (Å²) in [7, 11) is 0. The zero-order chi connectivity index (χ0) is 18.4. The molecule has 3 rings (SSSR count). The number of ether oxygens (including phenoxy) is 1. The minimum absolute atomic E-state index is 0.00797. The minimum atomic E-state index is -0.00797. The fraction of sp³-hybridized carbons (Fsp3) is 0.316. The summed E-state index contributed by atoms with van der Waals surface area (Å²) in [6.07, 6.45) is 0.440. The van der Waals surface area contributed by atoms with Crippen molar-refractivity contribution in [2.45, 2.75) is 11.3 Å². The second-order valence-corrected chi connectivity index (χ2v) is 8.33. The van der Waals surface area contributed by atoms with Crippen LogP contribution in [0, 0.1) is 0 Å². The average Bonchev–Trinajstić information content (AvgIpc) is 2.64. The summed E-state index contributed by atoms with van der Waals surface area (Å²) in [5.74, 6) is 0.715. The van der Waals surface area contributed by atoms with Crippen molar-refractivity contribution in [3.8, 4) is 0 Å². The summed E-state index contributed by atoms with van der Waals surface area (Å²) >= 11 is 11.5. The normalized spacial score (nSPS) is 14.3. The molecular weight excluding hydrogens is 436 g/mol. The number of thioether (sulfide) groups is 1. The Morgan fingerprint density at radius 3 is 2.65 bits per heavy atom. The highest BCUT2D eigenvalue weighted by atomic mass is 79.9. The maximum absolute atomic E-state index is 12.4. The third-order valence-corrected chi connectivity index (χ3v) is 5.85. The number of nitrogens with zero attached hydrogens (tertiary/aromatic N) is 1. The van der Waals surface area contributed by atoms with Crippen LogP contribution in [0.3, 0.4) is 0 Å². The van der Waals surface area contributed by atoms with Crippen LogP contribution in [0.15, 0.2) is 51.8 Å². The molecule has 0 bridgehead atoms. The lowest BCUT2D eigenvalue weighted by Crippen LogP contribution is -2.37. The molecule has 0 aromatic heterocycles. The topological polar surface area (TPSA) is 41.6 Å². The molecule has 0 spiro atoms. The van der Waals surface area contributed by atoms with Crippen LogP contribution in [0.25, 0.3) is 0 Å². The molecule has 7 heteroatoms. The van der Waals surface area contributed by atoms with Gasteiger partial charge in [0, 0.05) is 34.6 Å². The molecule has 2 aromatic carbocycles. The van der Waals surface area contributed by atoms with Gasteiger partial charge in [0.2, 0.25) is 5.91 Å². The van der Waals surface area contributed by atoms with E-state index < -0.39 is 0 Å². The summed E-state index contributed by atoms with van der Waals surface area (Å²) in [6.45, 7) is 2.88. The molecule has 0 unspecified atom stereocenters. The first-order valence-electron chi connectivity index (χ1n) is 8.43. The number of benzene rings is 2. The maximum atomic E-state index is 12.4. The van der Waals surface area contributed by atoms with Crippen molar-refractivity contribution >= 4 is 56.6 Å². The van der Waals surface area contributed by atoms with Gasteiger partial charge in [0.15, 0.2) is 0 Å². The van der Waals surface area contributed by atoms with Crippen LogP contribution in [0.5, 0.6) is 0 Å². The number of hydrogen-bond acceptors (Lipinski definition) is 4. The van der Waals surface area contributed by atoms with Crippen molar-refractivity contribution in [1.82, 2.24) is 0 Å². The number of halogens is 2. The van der Waals surface area contributed by atoms with Gasteiger partial charge in [-0.2, -0.15) is 0 Å². The Balaban J connectivity index is 1.58.